The lowest BCUT2D eigenvalue weighted by molar-refractivity contribution is 0.208. The van der Waals surface area contributed by atoms with E-state index in [9.17, 15) is 8.42 Å². The SMILES string of the molecule is Cc1ccc(S(=O)(=O)N[C@@H]2c3ccccc3C=C[C@H]2Oc2ccccc2)cc1. The van der Waals surface area contributed by atoms with Gasteiger partial charge in [-0.1, -0.05) is 66.2 Å². The topological polar surface area (TPSA) is 55.4 Å². The van der Waals surface area contributed by atoms with Gasteiger partial charge >= 0.3 is 0 Å². The third-order valence-electron chi connectivity index (χ3n) is 4.75. The number of aryl methyl sites for hydroxylation is 1. The molecule has 1 aliphatic carbocycles. The first-order valence-electron chi connectivity index (χ1n) is 9.11. The molecule has 0 aliphatic heterocycles. The van der Waals surface area contributed by atoms with Crippen molar-refractivity contribution in [2.45, 2.75) is 24.0 Å². The highest BCUT2D eigenvalue weighted by molar-refractivity contribution is 7.89. The maximum Gasteiger partial charge on any atom is 0.241 e. The molecular weight excluding hydrogens is 370 g/mol. The molecule has 0 aromatic heterocycles. The largest absolute Gasteiger partial charge is 0.484 e. The van der Waals surface area contributed by atoms with Crippen LogP contribution in [0.2, 0.25) is 0 Å². The molecule has 0 heterocycles. The number of benzene rings is 3. The average molecular weight is 391 g/mol. The fourth-order valence-corrected chi connectivity index (χ4v) is 4.51. The monoisotopic (exact) mass is 391 g/mol. The molecule has 0 unspecified atom stereocenters. The Morgan fingerprint density at radius 1 is 0.857 bits per heavy atom. The molecule has 142 valence electrons. The Balaban J connectivity index is 1.69. The molecule has 0 saturated heterocycles. The van der Waals surface area contributed by atoms with Crippen molar-refractivity contribution in [3.05, 3.63) is 102 Å². The van der Waals surface area contributed by atoms with Gasteiger partial charge in [-0.3, -0.25) is 0 Å². The van der Waals surface area contributed by atoms with Crippen LogP contribution >= 0.6 is 0 Å². The van der Waals surface area contributed by atoms with Gasteiger partial charge in [0.1, 0.15) is 11.9 Å². The Labute approximate surface area is 165 Å². The van der Waals surface area contributed by atoms with Gasteiger partial charge in [-0.05, 0) is 48.4 Å². The summed E-state index contributed by atoms with van der Waals surface area (Å²) < 4.78 is 35.0. The Morgan fingerprint density at radius 2 is 1.54 bits per heavy atom. The first-order chi connectivity index (χ1) is 13.5. The van der Waals surface area contributed by atoms with Crippen molar-refractivity contribution in [3.8, 4) is 5.75 Å². The van der Waals surface area contributed by atoms with Crippen LogP contribution < -0.4 is 9.46 Å². The molecule has 1 aliphatic rings. The third kappa shape index (κ3) is 3.86. The van der Waals surface area contributed by atoms with E-state index in [1.165, 1.54) is 0 Å². The minimum atomic E-state index is -3.71. The fourth-order valence-electron chi connectivity index (χ4n) is 3.28. The molecule has 0 radical (unpaired) electrons. The molecule has 2 atom stereocenters. The van der Waals surface area contributed by atoms with E-state index >= 15 is 0 Å². The van der Waals surface area contributed by atoms with E-state index in [0.29, 0.717) is 5.75 Å². The van der Waals surface area contributed by atoms with E-state index in [-0.39, 0.29) is 4.90 Å². The lowest BCUT2D eigenvalue weighted by Gasteiger charge is -2.30. The molecule has 3 aromatic carbocycles. The molecule has 4 rings (SSSR count). The van der Waals surface area contributed by atoms with Gasteiger partial charge in [0.2, 0.25) is 10.0 Å². The van der Waals surface area contributed by atoms with Gasteiger partial charge in [-0.25, -0.2) is 8.42 Å². The summed E-state index contributed by atoms with van der Waals surface area (Å²) in [5.41, 5.74) is 2.88. The zero-order valence-corrected chi connectivity index (χ0v) is 16.3. The highest BCUT2D eigenvalue weighted by Gasteiger charge is 2.32. The molecule has 0 amide bonds. The van der Waals surface area contributed by atoms with E-state index < -0.39 is 22.2 Å². The van der Waals surface area contributed by atoms with E-state index in [4.69, 9.17) is 4.74 Å². The molecule has 0 bridgehead atoms. The van der Waals surface area contributed by atoms with E-state index in [2.05, 4.69) is 4.72 Å². The van der Waals surface area contributed by atoms with Gasteiger partial charge in [0, 0.05) is 0 Å². The summed E-state index contributed by atoms with van der Waals surface area (Å²) in [5.74, 6) is 0.691. The third-order valence-corrected chi connectivity index (χ3v) is 6.21. The van der Waals surface area contributed by atoms with Crippen LogP contribution in [0, 0.1) is 6.92 Å². The van der Waals surface area contributed by atoms with Crippen LogP contribution in [0.25, 0.3) is 6.08 Å². The predicted octanol–water partition coefficient (Wildman–Crippen LogP) is 4.49. The molecule has 1 N–H and O–H groups in total. The van der Waals surface area contributed by atoms with Crippen molar-refractivity contribution in [2.75, 3.05) is 0 Å². The minimum Gasteiger partial charge on any atom is -0.484 e. The van der Waals surface area contributed by atoms with Crippen LogP contribution in [-0.2, 0) is 10.0 Å². The van der Waals surface area contributed by atoms with Gasteiger partial charge in [0.05, 0.1) is 10.9 Å². The summed E-state index contributed by atoms with van der Waals surface area (Å²) in [6.07, 6.45) is 3.41. The van der Waals surface area contributed by atoms with E-state index in [0.717, 1.165) is 16.7 Å². The van der Waals surface area contributed by atoms with Crippen LogP contribution in [0.1, 0.15) is 22.7 Å². The van der Waals surface area contributed by atoms with Crippen molar-refractivity contribution in [2.24, 2.45) is 0 Å². The zero-order chi connectivity index (χ0) is 19.6. The van der Waals surface area contributed by atoms with Crippen molar-refractivity contribution < 1.29 is 13.2 Å². The lowest BCUT2D eigenvalue weighted by atomic mass is 9.91. The molecule has 0 saturated carbocycles. The van der Waals surface area contributed by atoms with Gasteiger partial charge in [-0.2, -0.15) is 4.72 Å². The summed E-state index contributed by atoms with van der Waals surface area (Å²) >= 11 is 0. The fraction of sp³-hybridized carbons (Fsp3) is 0.130. The number of ether oxygens (including phenoxy) is 1. The highest BCUT2D eigenvalue weighted by Crippen LogP contribution is 2.32. The Hall–Kier alpha value is -2.89. The summed E-state index contributed by atoms with van der Waals surface area (Å²) in [4.78, 5) is 0.239. The number of para-hydroxylation sites is 1. The van der Waals surface area contributed by atoms with Crippen molar-refractivity contribution in [1.82, 2.24) is 4.72 Å². The number of hydrogen-bond acceptors (Lipinski definition) is 3. The molecular formula is C23H21NO3S. The van der Waals surface area contributed by atoms with Crippen LogP contribution in [-0.4, -0.2) is 14.5 Å². The second kappa shape index (κ2) is 7.62. The first-order valence-corrected chi connectivity index (χ1v) is 10.6. The Morgan fingerprint density at radius 3 is 2.29 bits per heavy atom. The molecule has 3 aromatic rings. The maximum atomic E-state index is 13.0. The number of sulfonamides is 1. The lowest BCUT2D eigenvalue weighted by Crippen LogP contribution is -2.39. The predicted molar refractivity (Wildman–Crippen MR) is 111 cm³/mol. The van der Waals surface area contributed by atoms with Gasteiger partial charge in [0.25, 0.3) is 0 Å². The maximum absolute atomic E-state index is 13.0. The normalized spacial score (nSPS) is 18.5. The molecule has 0 spiro atoms. The molecule has 5 heteroatoms. The summed E-state index contributed by atoms with van der Waals surface area (Å²) in [7, 11) is -3.71. The highest BCUT2D eigenvalue weighted by atomic mass is 32.2. The smallest absolute Gasteiger partial charge is 0.241 e. The van der Waals surface area contributed by atoms with Crippen molar-refractivity contribution in [1.29, 1.82) is 0 Å². The van der Waals surface area contributed by atoms with Gasteiger partial charge in [-0.15, -0.1) is 0 Å². The molecule has 4 nitrogen and oxygen atoms in total. The zero-order valence-electron chi connectivity index (χ0n) is 15.4. The quantitative estimate of drug-likeness (QED) is 0.697. The summed E-state index contributed by atoms with van der Waals surface area (Å²) in [6, 6.07) is 23.5. The summed E-state index contributed by atoms with van der Waals surface area (Å²) in [6.45, 7) is 1.93. The van der Waals surface area contributed by atoms with E-state index in [1.807, 2.05) is 73.7 Å². The Kier molecular flexibility index (Phi) is 5.03. The molecule has 0 fully saturated rings. The van der Waals surface area contributed by atoms with Crippen molar-refractivity contribution >= 4 is 16.1 Å². The minimum absolute atomic E-state index is 0.239. The standard InChI is InChI=1S/C23H21NO3S/c1-17-11-14-20(15-12-17)28(25,26)24-23-21-10-6-5-7-18(21)13-16-22(23)27-19-8-3-2-4-9-19/h2-16,22-24H,1H3/t22-,23-/m1/s1. The first kappa shape index (κ1) is 18.5. The van der Waals surface area contributed by atoms with Crippen LogP contribution in [0.4, 0.5) is 0 Å². The number of hydrogen-bond donors (Lipinski definition) is 1. The van der Waals surface area contributed by atoms with Gasteiger partial charge in [0.15, 0.2) is 0 Å². The molecule has 28 heavy (non-hydrogen) atoms. The van der Waals surface area contributed by atoms with Crippen LogP contribution in [0.3, 0.4) is 0 Å². The van der Waals surface area contributed by atoms with Crippen LogP contribution in [0.15, 0.2) is 89.8 Å². The van der Waals surface area contributed by atoms with Crippen LogP contribution in [0.5, 0.6) is 5.75 Å². The Bertz CT molecular complexity index is 1090. The number of nitrogens with one attached hydrogen (secondary N) is 1. The summed E-state index contributed by atoms with van der Waals surface area (Å²) in [5, 5.41) is 0. The second-order valence-electron chi connectivity index (χ2n) is 6.80. The van der Waals surface area contributed by atoms with Crippen molar-refractivity contribution in [3.63, 3.8) is 0 Å². The number of rotatable bonds is 5. The number of fused-ring (bicyclic) bond motifs is 1. The van der Waals surface area contributed by atoms with Gasteiger partial charge < -0.3 is 4.74 Å². The second-order valence-corrected chi connectivity index (χ2v) is 8.51. The average Bonchev–Trinajstić information content (AvgIpc) is 2.71. The van der Waals surface area contributed by atoms with E-state index in [1.54, 1.807) is 24.3 Å².